The van der Waals surface area contributed by atoms with E-state index in [1.807, 2.05) is 25.1 Å². The van der Waals surface area contributed by atoms with Crippen molar-refractivity contribution in [2.45, 2.75) is 13.0 Å². The van der Waals surface area contributed by atoms with Gasteiger partial charge in [-0.15, -0.1) is 0 Å². The Hall–Kier alpha value is -2.14. The Morgan fingerprint density at radius 3 is 2.52 bits per heavy atom. The van der Waals surface area contributed by atoms with Gasteiger partial charge < -0.3 is 15.2 Å². The second kappa shape index (κ2) is 7.04. The SMILES string of the molecule is Cc1cccc(OCC(O)CNc2cc(F)cc(F)c2)c1. The van der Waals surface area contributed by atoms with Crippen molar-refractivity contribution in [3.63, 3.8) is 0 Å². The van der Waals surface area contributed by atoms with Gasteiger partial charge in [-0.2, -0.15) is 0 Å². The van der Waals surface area contributed by atoms with Gasteiger partial charge in [-0.05, 0) is 36.8 Å². The highest BCUT2D eigenvalue weighted by Gasteiger charge is 2.07. The maximum Gasteiger partial charge on any atom is 0.128 e. The van der Waals surface area contributed by atoms with E-state index in [2.05, 4.69) is 5.32 Å². The minimum Gasteiger partial charge on any atom is -0.491 e. The number of hydrogen-bond acceptors (Lipinski definition) is 3. The van der Waals surface area contributed by atoms with Gasteiger partial charge in [0.2, 0.25) is 0 Å². The molecule has 0 spiro atoms. The minimum absolute atomic E-state index is 0.0915. The molecule has 1 atom stereocenters. The lowest BCUT2D eigenvalue weighted by molar-refractivity contribution is 0.117. The lowest BCUT2D eigenvalue weighted by Crippen LogP contribution is -2.26. The predicted molar refractivity (Wildman–Crippen MR) is 77.5 cm³/mol. The quantitative estimate of drug-likeness (QED) is 0.860. The highest BCUT2D eigenvalue weighted by molar-refractivity contribution is 5.43. The molecule has 0 amide bonds. The van der Waals surface area contributed by atoms with Gasteiger partial charge in [0.25, 0.3) is 0 Å². The van der Waals surface area contributed by atoms with E-state index < -0.39 is 17.7 Å². The first-order valence-electron chi connectivity index (χ1n) is 6.60. The molecule has 2 aromatic rings. The van der Waals surface area contributed by atoms with Crippen LogP contribution >= 0.6 is 0 Å². The molecule has 3 nitrogen and oxygen atoms in total. The van der Waals surface area contributed by atoms with Gasteiger partial charge >= 0.3 is 0 Å². The molecule has 2 N–H and O–H groups in total. The van der Waals surface area contributed by atoms with Crippen LogP contribution in [0.2, 0.25) is 0 Å². The topological polar surface area (TPSA) is 41.5 Å². The Morgan fingerprint density at radius 2 is 1.86 bits per heavy atom. The largest absolute Gasteiger partial charge is 0.491 e. The van der Waals surface area contributed by atoms with Crippen molar-refractivity contribution < 1.29 is 18.6 Å². The summed E-state index contributed by atoms with van der Waals surface area (Å²) in [4.78, 5) is 0. The number of aryl methyl sites for hydroxylation is 1. The fourth-order valence-corrected chi connectivity index (χ4v) is 1.85. The molecule has 0 heterocycles. The summed E-state index contributed by atoms with van der Waals surface area (Å²) in [5, 5.41) is 12.6. The molecule has 0 saturated carbocycles. The Balaban J connectivity index is 1.80. The van der Waals surface area contributed by atoms with E-state index in [9.17, 15) is 13.9 Å². The fourth-order valence-electron chi connectivity index (χ4n) is 1.85. The summed E-state index contributed by atoms with van der Waals surface area (Å²) in [6, 6.07) is 10.6. The second-order valence-corrected chi connectivity index (χ2v) is 4.82. The van der Waals surface area contributed by atoms with Gasteiger partial charge in [-0.1, -0.05) is 12.1 Å². The monoisotopic (exact) mass is 293 g/mol. The molecule has 0 radical (unpaired) electrons. The molecule has 0 aliphatic carbocycles. The Labute approximate surface area is 122 Å². The van der Waals surface area contributed by atoms with Crippen molar-refractivity contribution in [2.24, 2.45) is 0 Å². The van der Waals surface area contributed by atoms with E-state index in [1.165, 1.54) is 0 Å². The van der Waals surface area contributed by atoms with E-state index in [-0.39, 0.29) is 18.8 Å². The number of anilines is 1. The average Bonchev–Trinajstić information content (AvgIpc) is 2.42. The number of aliphatic hydroxyl groups is 1. The lowest BCUT2D eigenvalue weighted by Gasteiger charge is -2.14. The zero-order chi connectivity index (χ0) is 15.2. The van der Waals surface area contributed by atoms with Crippen molar-refractivity contribution in [1.29, 1.82) is 0 Å². The molecule has 112 valence electrons. The van der Waals surface area contributed by atoms with Crippen molar-refractivity contribution in [1.82, 2.24) is 0 Å². The van der Waals surface area contributed by atoms with Gasteiger partial charge in [0.15, 0.2) is 0 Å². The molecule has 0 aliphatic rings. The molecule has 2 aromatic carbocycles. The molecule has 5 heteroatoms. The standard InChI is InChI=1S/C16H17F2NO2/c1-11-3-2-4-16(5-11)21-10-15(20)9-19-14-7-12(17)6-13(18)8-14/h2-8,15,19-20H,9-10H2,1H3. The highest BCUT2D eigenvalue weighted by Crippen LogP contribution is 2.14. The first-order chi connectivity index (χ1) is 10.0. The van der Waals surface area contributed by atoms with Crippen molar-refractivity contribution in [3.05, 3.63) is 59.7 Å². The van der Waals surface area contributed by atoms with Gasteiger partial charge in [0.05, 0.1) is 0 Å². The zero-order valence-electron chi connectivity index (χ0n) is 11.6. The van der Waals surface area contributed by atoms with E-state index in [1.54, 1.807) is 6.07 Å². The number of rotatable bonds is 6. The van der Waals surface area contributed by atoms with Crippen LogP contribution in [0.1, 0.15) is 5.56 Å². The lowest BCUT2D eigenvalue weighted by atomic mass is 10.2. The minimum atomic E-state index is -0.795. The maximum atomic E-state index is 13.0. The van der Waals surface area contributed by atoms with Gasteiger partial charge in [0, 0.05) is 18.3 Å². The third kappa shape index (κ3) is 5.04. The molecule has 2 rings (SSSR count). The summed E-state index contributed by atoms with van der Waals surface area (Å²) >= 11 is 0. The average molecular weight is 293 g/mol. The summed E-state index contributed by atoms with van der Waals surface area (Å²) in [5.74, 6) is -0.656. The third-order valence-corrected chi connectivity index (χ3v) is 2.84. The molecular weight excluding hydrogens is 276 g/mol. The summed E-state index contributed by atoms with van der Waals surface area (Å²) < 4.78 is 31.4. The van der Waals surface area contributed by atoms with Crippen LogP contribution in [0.15, 0.2) is 42.5 Å². The number of ether oxygens (including phenoxy) is 1. The molecule has 0 aliphatic heterocycles. The van der Waals surface area contributed by atoms with Crippen LogP contribution in [0.4, 0.5) is 14.5 Å². The van der Waals surface area contributed by atoms with E-state index >= 15 is 0 Å². The number of halogens is 2. The molecule has 0 saturated heterocycles. The van der Waals surface area contributed by atoms with Crippen LogP contribution in [0, 0.1) is 18.6 Å². The van der Waals surface area contributed by atoms with Crippen LogP contribution in [0.5, 0.6) is 5.75 Å². The molecule has 0 aromatic heterocycles. The van der Waals surface area contributed by atoms with Crippen LogP contribution in [-0.2, 0) is 0 Å². The van der Waals surface area contributed by atoms with E-state index in [0.29, 0.717) is 5.75 Å². The zero-order valence-corrected chi connectivity index (χ0v) is 11.6. The normalized spacial score (nSPS) is 12.0. The first kappa shape index (κ1) is 15.3. The number of benzene rings is 2. The number of aliphatic hydroxyl groups excluding tert-OH is 1. The molecule has 0 bridgehead atoms. The Bertz CT molecular complexity index is 584. The smallest absolute Gasteiger partial charge is 0.128 e. The first-order valence-corrected chi connectivity index (χ1v) is 6.60. The third-order valence-electron chi connectivity index (χ3n) is 2.84. The number of nitrogens with one attached hydrogen (secondary N) is 1. The van der Waals surface area contributed by atoms with Crippen molar-refractivity contribution in [2.75, 3.05) is 18.5 Å². The van der Waals surface area contributed by atoms with Crippen LogP contribution < -0.4 is 10.1 Å². The summed E-state index contributed by atoms with van der Waals surface area (Å²) in [6.07, 6.45) is -0.795. The fraction of sp³-hybridized carbons (Fsp3) is 0.250. The molecule has 21 heavy (non-hydrogen) atoms. The second-order valence-electron chi connectivity index (χ2n) is 4.82. The number of hydrogen-bond donors (Lipinski definition) is 2. The van der Waals surface area contributed by atoms with Gasteiger partial charge in [-0.25, -0.2) is 8.78 Å². The molecular formula is C16H17F2NO2. The van der Waals surface area contributed by atoms with Gasteiger partial charge in [0.1, 0.15) is 30.1 Å². The molecule has 1 unspecified atom stereocenters. The summed E-state index contributed by atoms with van der Waals surface area (Å²) in [5.41, 5.74) is 1.34. The van der Waals surface area contributed by atoms with Crippen LogP contribution in [0.3, 0.4) is 0 Å². The maximum absolute atomic E-state index is 13.0. The van der Waals surface area contributed by atoms with Crippen molar-refractivity contribution >= 4 is 5.69 Å². The molecule has 0 fully saturated rings. The van der Waals surface area contributed by atoms with E-state index in [0.717, 1.165) is 23.8 Å². The predicted octanol–water partition coefficient (Wildman–Crippen LogP) is 3.13. The van der Waals surface area contributed by atoms with Crippen LogP contribution in [0.25, 0.3) is 0 Å². The van der Waals surface area contributed by atoms with Crippen LogP contribution in [-0.4, -0.2) is 24.4 Å². The summed E-state index contributed by atoms with van der Waals surface area (Å²) in [7, 11) is 0. The summed E-state index contributed by atoms with van der Waals surface area (Å²) in [6.45, 7) is 2.17. The Kier molecular flexibility index (Phi) is 5.11. The highest BCUT2D eigenvalue weighted by atomic mass is 19.1. The van der Waals surface area contributed by atoms with E-state index in [4.69, 9.17) is 4.74 Å². The van der Waals surface area contributed by atoms with Gasteiger partial charge in [-0.3, -0.25) is 0 Å². The van der Waals surface area contributed by atoms with Crippen molar-refractivity contribution in [3.8, 4) is 5.75 Å². The Morgan fingerprint density at radius 1 is 1.14 bits per heavy atom.